The Bertz CT molecular complexity index is 415. The second kappa shape index (κ2) is 5.51. The molecule has 2 heterocycles. The van der Waals surface area contributed by atoms with Gasteiger partial charge in [0.1, 0.15) is 4.88 Å². The van der Waals surface area contributed by atoms with E-state index < -0.39 is 0 Å². The molecule has 0 saturated carbocycles. The lowest BCUT2D eigenvalue weighted by atomic mass is 10.1. The van der Waals surface area contributed by atoms with E-state index in [0.29, 0.717) is 17.2 Å². The molecular formula is C12H18N2O2S. The summed E-state index contributed by atoms with van der Waals surface area (Å²) in [5.74, 6) is -0.268. The van der Waals surface area contributed by atoms with Crippen LogP contribution in [0, 0.1) is 0 Å². The van der Waals surface area contributed by atoms with Crippen molar-refractivity contribution in [3.8, 4) is 0 Å². The highest BCUT2D eigenvalue weighted by molar-refractivity contribution is 7.14. The Morgan fingerprint density at radius 1 is 1.59 bits per heavy atom. The van der Waals surface area contributed by atoms with E-state index >= 15 is 0 Å². The Labute approximate surface area is 105 Å². The first kappa shape index (κ1) is 12.4. The average molecular weight is 254 g/mol. The van der Waals surface area contributed by atoms with Crippen LogP contribution >= 0.6 is 11.3 Å². The van der Waals surface area contributed by atoms with Crippen LogP contribution in [-0.4, -0.2) is 19.1 Å². The van der Waals surface area contributed by atoms with Gasteiger partial charge in [-0.15, -0.1) is 11.3 Å². The number of ether oxygens (including phenoxy) is 1. The number of nitrogen functional groups attached to an aromatic ring is 1. The van der Waals surface area contributed by atoms with E-state index in [1.165, 1.54) is 16.2 Å². The summed E-state index contributed by atoms with van der Waals surface area (Å²) in [4.78, 5) is 13.7. The standard InChI is InChI=1S/C12H18N2O2S/c1-2-3-6-16-12(15)11-10(13)8-7-14-5-4-9(8)17-11/h14H,2-7,13H2,1H3. The Morgan fingerprint density at radius 2 is 2.41 bits per heavy atom. The van der Waals surface area contributed by atoms with Crippen LogP contribution in [0.1, 0.15) is 39.9 Å². The highest BCUT2D eigenvalue weighted by Gasteiger charge is 2.23. The number of unbranched alkanes of at least 4 members (excludes halogenated alkanes) is 1. The summed E-state index contributed by atoms with van der Waals surface area (Å²) in [7, 11) is 0. The molecule has 1 aliphatic rings. The lowest BCUT2D eigenvalue weighted by molar-refractivity contribution is 0.0506. The molecule has 1 aliphatic heterocycles. The van der Waals surface area contributed by atoms with E-state index in [-0.39, 0.29) is 5.97 Å². The molecule has 0 aliphatic carbocycles. The number of nitrogens with one attached hydrogen (secondary N) is 1. The summed E-state index contributed by atoms with van der Waals surface area (Å²) >= 11 is 1.49. The highest BCUT2D eigenvalue weighted by Crippen LogP contribution is 2.33. The molecule has 94 valence electrons. The Morgan fingerprint density at radius 3 is 3.12 bits per heavy atom. The SMILES string of the molecule is CCCCOC(=O)c1sc2c(c1N)CNCC2. The number of carbonyl (C=O) groups is 1. The molecule has 0 fully saturated rings. The molecule has 0 radical (unpaired) electrons. The number of fused-ring (bicyclic) bond motifs is 1. The Hall–Kier alpha value is -1.07. The minimum absolute atomic E-state index is 0.268. The molecule has 5 heteroatoms. The summed E-state index contributed by atoms with van der Waals surface area (Å²) in [6.45, 7) is 4.27. The quantitative estimate of drug-likeness (QED) is 0.636. The van der Waals surface area contributed by atoms with Crippen LogP contribution in [0.15, 0.2) is 0 Å². The molecule has 0 saturated heterocycles. The normalized spacial score (nSPS) is 14.4. The minimum atomic E-state index is -0.268. The maximum Gasteiger partial charge on any atom is 0.350 e. The van der Waals surface area contributed by atoms with Gasteiger partial charge in [-0.1, -0.05) is 13.3 Å². The molecule has 0 aromatic carbocycles. The van der Waals surface area contributed by atoms with E-state index in [9.17, 15) is 4.79 Å². The maximum absolute atomic E-state index is 11.8. The van der Waals surface area contributed by atoms with Crippen molar-refractivity contribution in [3.05, 3.63) is 15.3 Å². The highest BCUT2D eigenvalue weighted by atomic mass is 32.1. The van der Waals surface area contributed by atoms with Gasteiger partial charge in [-0.2, -0.15) is 0 Å². The molecule has 0 amide bonds. The lowest BCUT2D eigenvalue weighted by Gasteiger charge is -2.12. The van der Waals surface area contributed by atoms with Crippen LogP contribution < -0.4 is 11.1 Å². The van der Waals surface area contributed by atoms with Gasteiger partial charge in [-0.05, 0) is 12.8 Å². The predicted octanol–water partition coefficient (Wildman–Crippen LogP) is 1.93. The molecule has 2 rings (SSSR count). The number of esters is 1. The number of thiophene rings is 1. The van der Waals surface area contributed by atoms with Gasteiger partial charge in [0.05, 0.1) is 12.3 Å². The van der Waals surface area contributed by atoms with E-state index in [4.69, 9.17) is 10.5 Å². The van der Waals surface area contributed by atoms with Gasteiger partial charge in [0, 0.05) is 23.5 Å². The van der Waals surface area contributed by atoms with Gasteiger partial charge in [0.15, 0.2) is 0 Å². The summed E-state index contributed by atoms with van der Waals surface area (Å²) in [5.41, 5.74) is 7.70. The maximum atomic E-state index is 11.8. The first-order chi connectivity index (χ1) is 8.24. The second-order valence-electron chi connectivity index (χ2n) is 4.16. The third kappa shape index (κ3) is 2.61. The van der Waals surface area contributed by atoms with Crippen molar-refractivity contribution in [2.24, 2.45) is 0 Å². The zero-order chi connectivity index (χ0) is 12.3. The second-order valence-corrected chi connectivity index (χ2v) is 5.27. The van der Waals surface area contributed by atoms with Crippen molar-refractivity contribution >= 4 is 23.0 Å². The number of rotatable bonds is 4. The van der Waals surface area contributed by atoms with Gasteiger partial charge in [0.25, 0.3) is 0 Å². The van der Waals surface area contributed by atoms with Gasteiger partial charge >= 0.3 is 5.97 Å². The van der Waals surface area contributed by atoms with Gasteiger partial charge in [0.2, 0.25) is 0 Å². The van der Waals surface area contributed by atoms with Crippen LogP contribution in [-0.2, 0) is 17.7 Å². The number of carbonyl (C=O) groups excluding carboxylic acids is 1. The van der Waals surface area contributed by atoms with E-state index in [2.05, 4.69) is 12.2 Å². The average Bonchev–Trinajstić information content (AvgIpc) is 2.68. The number of hydrogen-bond acceptors (Lipinski definition) is 5. The largest absolute Gasteiger partial charge is 0.461 e. The fourth-order valence-corrected chi connectivity index (χ4v) is 3.00. The molecule has 0 atom stereocenters. The van der Waals surface area contributed by atoms with Crippen LogP contribution in [0.25, 0.3) is 0 Å². The molecule has 1 aromatic heterocycles. The molecule has 0 unspecified atom stereocenters. The molecule has 4 nitrogen and oxygen atoms in total. The van der Waals surface area contributed by atoms with E-state index in [0.717, 1.165) is 37.9 Å². The molecule has 0 spiro atoms. The van der Waals surface area contributed by atoms with Crippen molar-refractivity contribution in [2.75, 3.05) is 18.9 Å². The summed E-state index contributed by atoms with van der Waals surface area (Å²) in [5, 5.41) is 3.26. The van der Waals surface area contributed by atoms with Crippen LogP contribution in [0.2, 0.25) is 0 Å². The van der Waals surface area contributed by atoms with Crippen LogP contribution in [0.4, 0.5) is 5.69 Å². The van der Waals surface area contributed by atoms with Gasteiger partial charge in [-0.25, -0.2) is 4.79 Å². The predicted molar refractivity (Wildman–Crippen MR) is 69.3 cm³/mol. The number of nitrogens with two attached hydrogens (primary N) is 1. The molecule has 0 bridgehead atoms. The van der Waals surface area contributed by atoms with E-state index in [1.54, 1.807) is 0 Å². The third-order valence-electron chi connectivity index (χ3n) is 2.88. The molecule has 17 heavy (non-hydrogen) atoms. The molecule has 3 N–H and O–H groups in total. The zero-order valence-electron chi connectivity index (χ0n) is 10.0. The Kier molecular flexibility index (Phi) is 4.02. The van der Waals surface area contributed by atoms with Gasteiger partial charge < -0.3 is 15.8 Å². The van der Waals surface area contributed by atoms with Crippen molar-refractivity contribution < 1.29 is 9.53 Å². The Balaban J connectivity index is 2.10. The number of hydrogen-bond donors (Lipinski definition) is 2. The number of anilines is 1. The van der Waals surface area contributed by atoms with E-state index in [1.807, 2.05) is 0 Å². The van der Waals surface area contributed by atoms with Crippen molar-refractivity contribution in [2.45, 2.75) is 32.7 Å². The first-order valence-corrected chi connectivity index (χ1v) is 6.83. The fraction of sp³-hybridized carbons (Fsp3) is 0.583. The van der Waals surface area contributed by atoms with Crippen molar-refractivity contribution in [1.82, 2.24) is 5.32 Å². The van der Waals surface area contributed by atoms with Crippen molar-refractivity contribution in [1.29, 1.82) is 0 Å². The summed E-state index contributed by atoms with van der Waals surface area (Å²) in [6.07, 6.45) is 2.87. The summed E-state index contributed by atoms with van der Waals surface area (Å²) < 4.78 is 5.20. The smallest absolute Gasteiger partial charge is 0.350 e. The van der Waals surface area contributed by atoms with Crippen molar-refractivity contribution in [3.63, 3.8) is 0 Å². The zero-order valence-corrected chi connectivity index (χ0v) is 10.9. The molecular weight excluding hydrogens is 236 g/mol. The summed E-state index contributed by atoms with van der Waals surface area (Å²) in [6, 6.07) is 0. The topological polar surface area (TPSA) is 64.3 Å². The van der Waals surface area contributed by atoms with Crippen LogP contribution in [0.5, 0.6) is 0 Å². The monoisotopic (exact) mass is 254 g/mol. The van der Waals surface area contributed by atoms with Gasteiger partial charge in [-0.3, -0.25) is 0 Å². The minimum Gasteiger partial charge on any atom is -0.461 e. The van der Waals surface area contributed by atoms with Crippen LogP contribution in [0.3, 0.4) is 0 Å². The fourth-order valence-electron chi connectivity index (χ4n) is 1.86. The first-order valence-electron chi connectivity index (χ1n) is 6.02. The third-order valence-corrected chi connectivity index (χ3v) is 4.17. The lowest BCUT2D eigenvalue weighted by Crippen LogP contribution is -2.22. The molecule has 1 aromatic rings.